The lowest BCUT2D eigenvalue weighted by Gasteiger charge is -2.17. The van der Waals surface area contributed by atoms with Crippen molar-refractivity contribution in [2.75, 3.05) is 31.2 Å². The van der Waals surface area contributed by atoms with Gasteiger partial charge in [0.15, 0.2) is 0 Å². The maximum atomic E-state index is 6.19. The Balaban J connectivity index is 1.68. The molecule has 3 N–H and O–H groups in total. The summed E-state index contributed by atoms with van der Waals surface area (Å²) in [6, 6.07) is 8.77. The first kappa shape index (κ1) is 12.2. The van der Waals surface area contributed by atoms with Crippen molar-refractivity contribution in [2.24, 2.45) is 0 Å². The number of anilines is 2. The molecule has 3 rings (SSSR count). The molecule has 4 heteroatoms. The maximum Gasteiger partial charge on any atom is 0.0724 e. The van der Waals surface area contributed by atoms with Gasteiger partial charge >= 0.3 is 0 Å². The Labute approximate surface area is 113 Å². The van der Waals surface area contributed by atoms with E-state index in [1.54, 1.807) is 6.20 Å². The first-order valence-corrected chi connectivity index (χ1v) is 6.83. The summed E-state index contributed by atoms with van der Waals surface area (Å²) in [6.07, 6.45) is 4.49. The third-order valence-electron chi connectivity index (χ3n) is 3.78. The summed E-state index contributed by atoms with van der Waals surface area (Å²) in [5.41, 5.74) is 8.93. The number of likely N-dealkylation sites (N-methyl/N-ethyl adjacent to an activating group) is 1. The number of hydrogen-bond acceptors (Lipinski definition) is 4. The van der Waals surface area contributed by atoms with Crippen LogP contribution in [0.25, 0.3) is 10.9 Å². The maximum absolute atomic E-state index is 6.19. The summed E-state index contributed by atoms with van der Waals surface area (Å²) >= 11 is 0. The highest BCUT2D eigenvalue weighted by Gasteiger charge is 2.25. The molecule has 1 aromatic heterocycles. The van der Waals surface area contributed by atoms with Gasteiger partial charge in [0.25, 0.3) is 0 Å². The molecule has 0 aliphatic heterocycles. The summed E-state index contributed by atoms with van der Waals surface area (Å²) in [6.45, 7) is 1.97. The van der Waals surface area contributed by atoms with E-state index in [0.717, 1.165) is 41.4 Å². The number of nitrogen functional groups attached to an aromatic ring is 1. The van der Waals surface area contributed by atoms with Gasteiger partial charge in [-0.3, -0.25) is 4.98 Å². The van der Waals surface area contributed by atoms with Gasteiger partial charge in [-0.2, -0.15) is 0 Å². The van der Waals surface area contributed by atoms with Gasteiger partial charge in [0, 0.05) is 30.7 Å². The number of hydrogen-bond donors (Lipinski definition) is 2. The number of pyridine rings is 1. The van der Waals surface area contributed by atoms with E-state index in [-0.39, 0.29) is 0 Å². The van der Waals surface area contributed by atoms with Gasteiger partial charge < -0.3 is 16.0 Å². The molecule has 1 aromatic carbocycles. The van der Waals surface area contributed by atoms with Gasteiger partial charge in [0.05, 0.1) is 16.9 Å². The Morgan fingerprint density at radius 3 is 3.00 bits per heavy atom. The summed E-state index contributed by atoms with van der Waals surface area (Å²) in [5, 5.41) is 4.44. The monoisotopic (exact) mass is 256 g/mol. The van der Waals surface area contributed by atoms with E-state index in [2.05, 4.69) is 22.2 Å². The van der Waals surface area contributed by atoms with Crippen molar-refractivity contribution in [3.8, 4) is 0 Å². The highest BCUT2D eigenvalue weighted by molar-refractivity contribution is 5.96. The molecule has 2 aromatic rings. The Bertz CT molecular complexity index is 577. The van der Waals surface area contributed by atoms with Crippen molar-refractivity contribution in [1.82, 2.24) is 9.88 Å². The SMILES string of the molecule is CN(CCNc1ccc2ncccc2c1N)C1CC1. The first-order chi connectivity index (χ1) is 9.25. The van der Waals surface area contributed by atoms with Crippen molar-refractivity contribution >= 4 is 22.3 Å². The Morgan fingerprint density at radius 1 is 1.37 bits per heavy atom. The van der Waals surface area contributed by atoms with Crippen molar-refractivity contribution in [3.63, 3.8) is 0 Å². The van der Waals surface area contributed by atoms with Crippen LogP contribution in [0.2, 0.25) is 0 Å². The van der Waals surface area contributed by atoms with E-state index in [4.69, 9.17) is 5.73 Å². The number of fused-ring (bicyclic) bond motifs is 1. The van der Waals surface area contributed by atoms with Crippen LogP contribution in [0.15, 0.2) is 30.5 Å². The molecular weight excluding hydrogens is 236 g/mol. The van der Waals surface area contributed by atoms with E-state index < -0.39 is 0 Å². The van der Waals surface area contributed by atoms with E-state index in [9.17, 15) is 0 Å². The molecule has 1 heterocycles. The fraction of sp³-hybridized carbons (Fsp3) is 0.400. The van der Waals surface area contributed by atoms with Crippen molar-refractivity contribution in [2.45, 2.75) is 18.9 Å². The number of nitrogens with two attached hydrogens (primary N) is 1. The van der Waals surface area contributed by atoms with Crippen LogP contribution in [-0.4, -0.2) is 36.1 Å². The van der Waals surface area contributed by atoms with Crippen LogP contribution in [0.5, 0.6) is 0 Å². The van der Waals surface area contributed by atoms with Crippen LogP contribution in [-0.2, 0) is 0 Å². The summed E-state index contributed by atoms with van der Waals surface area (Å²) in [4.78, 5) is 6.72. The zero-order chi connectivity index (χ0) is 13.2. The quantitative estimate of drug-likeness (QED) is 0.806. The van der Waals surface area contributed by atoms with Gasteiger partial charge in [-0.25, -0.2) is 0 Å². The summed E-state index contributed by atoms with van der Waals surface area (Å²) in [5.74, 6) is 0. The molecule has 100 valence electrons. The lowest BCUT2D eigenvalue weighted by atomic mass is 10.1. The molecule has 1 fully saturated rings. The zero-order valence-corrected chi connectivity index (χ0v) is 11.3. The van der Waals surface area contributed by atoms with Crippen LogP contribution in [0.1, 0.15) is 12.8 Å². The first-order valence-electron chi connectivity index (χ1n) is 6.83. The normalized spacial score (nSPS) is 15.1. The second-order valence-electron chi connectivity index (χ2n) is 5.24. The predicted octanol–water partition coefficient (Wildman–Crippen LogP) is 2.32. The molecular formula is C15H20N4. The molecule has 0 unspecified atom stereocenters. The standard InChI is InChI=1S/C15H20N4/c1-19(11-4-5-11)10-9-18-14-7-6-13-12(15(14)16)3-2-8-17-13/h2-3,6-8,11,18H,4-5,9-10,16H2,1H3. The largest absolute Gasteiger partial charge is 0.397 e. The number of aromatic nitrogens is 1. The summed E-state index contributed by atoms with van der Waals surface area (Å²) < 4.78 is 0. The number of nitrogens with zero attached hydrogens (tertiary/aromatic N) is 2. The average molecular weight is 256 g/mol. The van der Waals surface area contributed by atoms with Crippen LogP contribution in [0.3, 0.4) is 0 Å². The molecule has 1 aliphatic rings. The number of nitrogens with one attached hydrogen (secondary N) is 1. The molecule has 0 atom stereocenters. The van der Waals surface area contributed by atoms with Gasteiger partial charge in [-0.05, 0) is 44.2 Å². The highest BCUT2D eigenvalue weighted by Crippen LogP contribution is 2.28. The molecule has 0 saturated heterocycles. The topological polar surface area (TPSA) is 54.2 Å². The van der Waals surface area contributed by atoms with Crippen LogP contribution < -0.4 is 11.1 Å². The minimum atomic E-state index is 0.791. The molecule has 0 bridgehead atoms. The van der Waals surface area contributed by atoms with E-state index in [1.165, 1.54) is 12.8 Å². The van der Waals surface area contributed by atoms with Crippen LogP contribution in [0, 0.1) is 0 Å². The minimum absolute atomic E-state index is 0.791. The molecule has 0 spiro atoms. The van der Waals surface area contributed by atoms with Gasteiger partial charge in [0.1, 0.15) is 0 Å². The summed E-state index contributed by atoms with van der Waals surface area (Å²) in [7, 11) is 2.19. The second-order valence-corrected chi connectivity index (χ2v) is 5.24. The Hall–Kier alpha value is -1.81. The zero-order valence-electron chi connectivity index (χ0n) is 11.3. The molecule has 1 aliphatic carbocycles. The lowest BCUT2D eigenvalue weighted by molar-refractivity contribution is 0.337. The highest BCUT2D eigenvalue weighted by atomic mass is 15.2. The molecule has 4 nitrogen and oxygen atoms in total. The smallest absolute Gasteiger partial charge is 0.0724 e. The van der Waals surface area contributed by atoms with Crippen molar-refractivity contribution in [1.29, 1.82) is 0 Å². The molecule has 19 heavy (non-hydrogen) atoms. The molecule has 1 saturated carbocycles. The van der Waals surface area contributed by atoms with Crippen LogP contribution in [0.4, 0.5) is 11.4 Å². The number of rotatable bonds is 5. The fourth-order valence-corrected chi connectivity index (χ4v) is 2.39. The lowest BCUT2D eigenvalue weighted by Crippen LogP contribution is -2.27. The van der Waals surface area contributed by atoms with Gasteiger partial charge in [0.2, 0.25) is 0 Å². The molecule has 0 amide bonds. The molecule has 0 radical (unpaired) electrons. The second kappa shape index (κ2) is 5.05. The average Bonchev–Trinajstić information content (AvgIpc) is 3.26. The van der Waals surface area contributed by atoms with E-state index in [0.29, 0.717) is 0 Å². The van der Waals surface area contributed by atoms with E-state index >= 15 is 0 Å². The third kappa shape index (κ3) is 2.63. The Morgan fingerprint density at radius 2 is 2.21 bits per heavy atom. The van der Waals surface area contributed by atoms with Crippen LogP contribution >= 0.6 is 0 Å². The fourth-order valence-electron chi connectivity index (χ4n) is 2.39. The Kier molecular flexibility index (Phi) is 3.25. The van der Waals surface area contributed by atoms with Gasteiger partial charge in [-0.15, -0.1) is 0 Å². The number of benzene rings is 1. The van der Waals surface area contributed by atoms with Gasteiger partial charge in [-0.1, -0.05) is 0 Å². The van der Waals surface area contributed by atoms with Crippen molar-refractivity contribution in [3.05, 3.63) is 30.5 Å². The minimum Gasteiger partial charge on any atom is -0.397 e. The van der Waals surface area contributed by atoms with E-state index in [1.807, 2.05) is 24.3 Å². The van der Waals surface area contributed by atoms with Crippen molar-refractivity contribution < 1.29 is 0 Å². The predicted molar refractivity (Wildman–Crippen MR) is 80.3 cm³/mol. The third-order valence-corrected chi connectivity index (χ3v) is 3.78.